The van der Waals surface area contributed by atoms with E-state index >= 15 is 0 Å². The number of hydrogen-bond donors (Lipinski definition) is 0. The Balaban J connectivity index is 1.01. The lowest BCUT2D eigenvalue weighted by atomic mass is 9.93. The van der Waals surface area contributed by atoms with E-state index in [0.717, 1.165) is 82.7 Å². The summed E-state index contributed by atoms with van der Waals surface area (Å²) >= 11 is 0. The van der Waals surface area contributed by atoms with Gasteiger partial charge in [-0.2, -0.15) is 9.97 Å². The van der Waals surface area contributed by atoms with Crippen molar-refractivity contribution in [1.82, 2.24) is 19.5 Å². The summed E-state index contributed by atoms with van der Waals surface area (Å²) in [5.74, 6) is 1.82. The highest BCUT2D eigenvalue weighted by Crippen LogP contribution is 2.42. The van der Waals surface area contributed by atoms with Gasteiger partial charge < -0.3 is 4.42 Å². The van der Waals surface area contributed by atoms with E-state index in [4.69, 9.17) is 19.4 Å². The molecule has 0 atom stereocenters. The van der Waals surface area contributed by atoms with Crippen molar-refractivity contribution >= 4 is 43.7 Å². The van der Waals surface area contributed by atoms with Gasteiger partial charge in [-0.1, -0.05) is 164 Å². The van der Waals surface area contributed by atoms with Crippen molar-refractivity contribution < 1.29 is 4.42 Å². The molecule has 3 heterocycles. The molecule has 11 aromatic rings. The van der Waals surface area contributed by atoms with Crippen LogP contribution in [-0.2, 0) is 0 Å². The number of rotatable bonds is 6. The van der Waals surface area contributed by atoms with Gasteiger partial charge in [0.25, 0.3) is 0 Å². The lowest BCUT2D eigenvalue weighted by Gasteiger charge is -2.11. The zero-order chi connectivity index (χ0) is 37.0. The fourth-order valence-electron chi connectivity index (χ4n) is 8.09. The average Bonchev–Trinajstić information content (AvgIpc) is 3.83. The molecular formula is C51H32N4O. The lowest BCUT2D eigenvalue weighted by molar-refractivity contribution is 0.669. The minimum Gasteiger partial charge on any atom is -0.456 e. The van der Waals surface area contributed by atoms with Gasteiger partial charge in [-0.3, -0.25) is 4.57 Å². The Hall–Kier alpha value is -7.63. The predicted molar refractivity (Wildman–Crippen MR) is 229 cm³/mol. The molecule has 0 radical (unpaired) electrons. The van der Waals surface area contributed by atoms with Gasteiger partial charge in [0, 0.05) is 32.7 Å². The molecular weight excluding hydrogens is 685 g/mol. The van der Waals surface area contributed by atoms with Crippen LogP contribution in [-0.4, -0.2) is 19.5 Å². The Morgan fingerprint density at radius 2 is 0.804 bits per heavy atom. The van der Waals surface area contributed by atoms with E-state index in [-0.39, 0.29) is 0 Å². The molecule has 0 fully saturated rings. The highest BCUT2D eigenvalue weighted by molar-refractivity contribution is 6.18. The highest BCUT2D eigenvalue weighted by atomic mass is 16.3. The van der Waals surface area contributed by atoms with Crippen LogP contribution in [0.4, 0.5) is 0 Å². The largest absolute Gasteiger partial charge is 0.456 e. The minimum absolute atomic E-state index is 0.583. The number of nitrogens with zero attached hydrogens (tertiary/aromatic N) is 4. The second-order valence-corrected chi connectivity index (χ2v) is 14.0. The van der Waals surface area contributed by atoms with Crippen molar-refractivity contribution in [2.24, 2.45) is 0 Å². The molecule has 5 nitrogen and oxygen atoms in total. The molecule has 8 aromatic carbocycles. The van der Waals surface area contributed by atoms with Crippen LogP contribution in [0.1, 0.15) is 0 Å². The van der Waals surface area contributed by atoms with Crippen LogP contribution in [0.15, 0.2) is 199 Å². The van der Waals surface area contributed by atoms with Crippen LogP contribution in [0.5, 0.6) is 0 Å². The molecule has 0 amide bonds. The fraction of sp³-hybridized carbons (Fsp3) is 0. The third-order valence-corrected chi connectivity index (χ3v) is 10.7. The second kappa shape index (κ2) is 13.0. The fourth-order valence-corrected chi connectivity index (χ4v) is 8.09. The number of hydrogen-bond acceptors (Lipinski definition) is 4. The topological polar surface area (TPSA) is 56.7 Å². The number of benzene rings is 8. The molecule has 11 rings (SSSR count). The SMILES string of the molecule is c1ccc(-c2nc(-c3ccc(-c4cccc(-c5cccc6oc7cccc(-c8ccccc8)c7c56)c4)cc3)nc(-n3c4ccccc4c4ccccc43)n2)cc1. The minimum atomic E-state index is 0.583. The lowest BCUT2D eigenvalue weighted by Crippen LogP contribution is -2.06. The first-order valence-corrected chi connectivity index (χ1v) is 18.8. The van der Waals surface area contributed by atoms with Gasteiger partial charge >= 0.3 is 0 Å². The Morgan fingerprint density at radius 1 is 0.339 bits per heavy atom. The average molecular weight is 717 g/mol. The van der Waals surface area contributed by atoms with E-state index in [2.05, 4.69) is 168 Å². The highest BCUT2D eigenvalue weighted by Gasteiger charge is 2.19. The van der Waals surface area contributed by atoms with E-state index in [9.17, 15) is 0 Å². The second-order valence-electron chi connectivity index (χ2n) is 14.0. The first-order valence-electron chi connectivity index (χ1n) is 18.8. The van der Waals surface area contributed by atoms with Gasteiger partial charge in [-0.25, -0.2) is 4.98 Å². The number of aromatic nitrogens is 4. The standard InChI is InChI=1S/C51H32N4O/c1-3-14-34(15-4-1)39-22-12-26-45-47(39)48-40(23-13-27-46(48)56-45)38-19-11-18-37(32-38)33-28-30-36(31-29-33)50-52-49(35-16-5-2-6-17-35)53-51(54-50)55-43-24-9-7-20-41(43)42-21-8-10-25-44(42)55/h1-32H. The van der Waals surface area contributed by atoms with Crippen LogP contribution >= 0.6 is 0 Å². The summed E-state index contributed by atoms with van der Waals surface area (Å²) in [5, 5.41) is 4.57. The monoisotopic (exact) mass is 716 g/mol. The van der Waals surface area contributed by atoms with Crippen LogP contribution in [0.3, 0.4) is 0 Å². The summed E-state index contributed by atoms with van der Waals surface area (Å²) in [7, 11) is 0. The van der Waals surface area contributed by atoms with Crippen molar-refractivity contribution in [3.63, 3.8) is 0 Å². The Bertz CT molecular complexity index is 3180. The molecule has 0 bridgehead atoms. The molecule has 0 saturated carbocycles. The number of furan rings is 1. The number of fused-ring (bicyclic) bond motifs is 6. The maximum atomic E-state index is 6.44. The van der Waals surface area contributed by atoms with Crippen molar-refractivity contribution in [2.75, 3.05) is 0 Å². The van der Waals surface area contributed by atoms with Gasteiger partial charge in [-0.05, 0) is 63.7 Å². The van der Waals surface area contributed by atoms with Gasteiger partial charge in [-0.15, -0.1) is 0 Å². The smallest absolute Gasteiger partial charge is 0.238 e. The van der Waals surface area contributed by atoms with E-state index < -0.39 is 0 Å². The maximum absolute atomic E-state index is 6.44. The summed E-state index contributed by atoms with van der Waals surface area (Å²) in [4.78, 5) is 15.2. The Labute approximate surface area is 322 Å². The van der Waals surface area contributed by atoms with E-state index in [0.29, 0.717) is 17.6 Å². The molecule has 0 spiro atoms. The molecule has 0 aliphatic carbocycles. The van der Waals surface area contributed by atoms with Crippen molar-refractivity contribution in [1.29, 1.82) is 0 Å². The third-order valence-electron chi connectivity index (χ3n) is 10.7. The van der Waals surface area contributed by atoms with Gasteiger partial charge in [0.1, 0.15) is 11.2 Å². The molecule has 3 aromatic heterocycles. The zero-order valence-electron chi connectivity index (χ0n) is 30.2. The van der Waals surface area contributed by atoms with Crippen LogP contribution in [0.25, 0.3) is 106 Å². The first kappa shape index (κ1) is 31.9. The summed E-state index contributed by atoms with van der Waals surface area (Å²) in [6.07, 6.45) is 0. The zero-order valence-corrected chi connectivity index (χ0v) is 30.2. The van der Waals surface area contributed by atoms with Crippen LogP contribution in [0.2, 0.25) is 0 Å². The Kier molecular flexibility index (Phi) is 7.42. The first-order chi connectivity index (χ1) is 27.8. The third kappa shape index (κ3) is 5.29. The van der Waals surface area contributed by atoms with Crippen molar-refractivity contribution in [2.45, 2.75) is 0 Å². The van der Waals surface area contributed by atoms with Gasteiger partial charge in [0.05, 0.1) is 11.0 Å². The summed E-state index contributed by atoms with van der Waals surface area (Å²) in [5.41, 5.74) is 12.5. The van der Waals surface area contributed by atoms with Crippen LogP contribution in [0, 0.1) is 0 Å². The molecule has 0 saturated heterocycles. The molecule has 0 aliphatic rings. The van der Waals surface area contributed by atoms with E-state index in [1.807, 2.05) is 30.3 Å². The van der Waals surface area contributed by atoms with Crippen LogP contribution < -0.4 is 0 Å². The quantitative estimate of drug-likeness (QED) is 0.172. The van der Waals surface area contributed by atoms with E-state index in [1.54, 1.807) is 0 Å². The van der Waals surface area contributed by atoms with Crippen molar-refractivity contribution in [3.8, 4) is 62.1 Å². The summed E-state index contributed by atoms with van der Waals surface area (Å²) < 4.78 is 8.59. The number of para-hydroxylation sites is 2. The molecule has 262 valence electrons. The van der Waals surface area contributed by atoms with Gasteiger partial charge in [0.2, 0.25) is 5.95 Å². The molecule has 5 heteroatoms. The molecule has 56 heavy (non-hydrogen) atoms. The molecule has 0 aliphatic heterocycles. The normalized spacial score (nSPS) is 11.6. The molecule has 0 unspecified atom stereocenters. The van der Waals surface area contributed by atoms with E-state index in [1.165, 1.54) is 5.56 Å². The van der Waals surface area contributed by atoms with Gasteiger partial charge in [0.15, 0.2) is 11.6 Å². The summed E-state index contributed by atoms with van der Waals surface area (Å²) in [6, 6.07) is 67.4. The predicted octanol–water partition coefficient (Wildman–Crippen LogP) is 13.2. The van der Waals surface area contributed by atoms with Crippen molar-refractivity contribution in [3.05, 3.63) is 194 Å². The summed E-state index contributed by atoms with van der Waals surface area (Å²) in [6.45, 7) is 0. The maximum Gasteiger partial charge on any atom is 0.238 e. The Morgan fingerprint density at radius 3 is 1.43 bits per heavy atom. The molecule has 0 N–H and O–H groups in total.